The van der Waals surface area contributed by atoms with E-state index < -0.39 is 22.3 Å². The molecule has 0 aliphatic carbocycles. The number of nitro benzene ring substituents is 1. The molecule has 6 nitrogen and oxygen atoms in total. The quantitative estimate of drug-likeness (QED) is 0.695. The number of hydrogen-bond acceptors (Lipinski definition) is 4. The summed E-state index contributed by atoms with van der Waals surface area (Å²) in [5, 5.41) is 20.3. The van der Waals surface area contributed by atoms with Crippen LogP contribution in [-0.4, -0.2) is 23.0 Å². The van der Waals surface area contributed by atoms with Crippen LogP contribution in [0.1, 0.15) is 10.4 Å². The molecule has 2 aromatic carbocycles. The van der Waals surface area contributed by atoms with Crippen LogP contribution in [0.3, 0.4) is 0 Å². The minimum absolute atomic E-state index is 0.0547. The zero-order chi connectivity index (χ0) is 15.6. The Morgan fingerprint density at radius 1 is 1.29 bits per heavy atom. The average Bonchev–Trinajstić information content (AvgIpc) is 2.45. The van der Waals surface area contributed by atoms with Gasteiger partial charge in [0.1, 0.15) is 17.1 Å². The number of aromatic hydroxyl groups is 1. The molecular formula is C14H11FN2O4. The van der Waals surface area contributed by atoms with Crippen molar-refractivity contribution in [2.75, 3.05) is 11.9 Å². The molecule has 0 atom stereocenters. The van der Waals surface area contributed by atoms with Crippen molar-refractivity contribution in [3.8, 4) is 5.75 Å². The highest BCUT2D eigenvalue weighted by Gasteiger charge is 2.24. The van der Waals surface area contributed by atoms with Gasteiger partial charge in [0.05, 0.1) is 4.92 Å². The molecule has 0 aliphatic rings. The molecule has 0 unspecified atom stereocenters. The van der Waals surface area contributed by atoms with Gasteiger partial charge in [0, 0.05) is 24.9 Å². The van der Waals surface area contributed by atoms with Gasteiger partial charge in [-0.05, 0) is 24.3 Å². The van der Waals surface area contributed by atoms with Crippen molar-refractivity contribution in [2.45, 2.75) is 0 Å². The van der Waals surface area contributed by atoms with Crippen LogP contribution in [0, 0.1) is 15.9 Å². The van der Waals surface area contributed by atoms with Crippen molar-refractivity contribution in [3.05, 3.63) is 64.0 Å². The molecule has 7 heteroatoms. The van der Waals surface area contributed by atoms with Crippen molar-refractivity contribution in [2.24, 2.45) is 0 Å². The fourth-order valence-corrected chi connectivity index (χ4v) is 1.84. The van der Waals surface area contributed by atoms with E-state index in [-0.39, 0.29) is 11.3 Å². The maximum absolute atomic E-state index is 13.3. The third-order valence-electron chi connectivity index (χ3n) is 2.91. The number of nitrogens with zero attached hydrogens (tertiary/aromatic N) is 2. The predicted octanol–water partition coefficient (Wildman–Crippen LogP) is 2.72. The highest BCUT2D eigenvalue weighted by atomic mass is 19.1. The van der Waals surface area contributed by atoms with E-state index in [2.05, 4.69) is 0 Å². The minimum atomic E-state index is -0.747. The number of nitro groups is 1. The number of hydrogen-bond donors (Lipinski definition) is 1. The predicted molar refractivity (Wildman–Crippen MR) is 73.9 cm³/mol. The third kappa shape index (κ3) is 2.97. The highest BCUT2D eigenvalue weighted by molar-refractivity contribution is 6.08. The van der Waals surface area contributed by atoms with Crippen molar-refractivity contribution >= 4 is 17.3 Å². The summed E-state index contributed by atoms with van der Waals surface area (Å²) in [4.78, 5) is 23.6. The monoisotopic (exact) mass is 290 g/mol. The number of rotatable bonds is 3. The second-order valence-corrected chi connectivity index (χ2v) is 4.30. The Kier molecular flexibility index (Phi) is 3.84. The number of phenols is 1. The van der Waals surface area contributed by atoms with Crippen LogP contribution < -0.4 is 4.90 Å². The summed E-state index contributed by atoms with van der Waals surface area (Å²) in [7, 11) is 1.38. The molecule has 0 fully saturated rings. The van der Waals surface area contributed by atoms with E-state index >= 15 is 0 Å². The van der Waals surface area contributed by atoms with Crippen LogP contribution in [0.4, 0.5) is 15.8 Å². The zero-order valence-electron chi connectivity index (χ0n) is 11.0. The second-order valence-electron chi connectivity index (χ2n) is 4.30. The summed E-state index contributed by atoms with van der Waals surface area (Å²) in [6, 6.07) is 8.49. The molecule has 108 valence electrons. The van der Waals surface area contributed by atoms with E-state index in [4.69, 9.17) is 0 Å². The molecule has 2 rings (SSSR count). The average molecular weight is 290 g/mol. The Morgan fingerprint density at radius 3 is 2.62 bits per heavy atom. The Balaban J connectivity index is 2.44. The lowest BCUT2D eigenvalue weighted by Gasteiger charge is -2.17. The van der Waals surface area contributed by atoms with E-state index in [0.717, 1.165) is 23.1 Å². The van der Waals surface area contributed by atoms with E-state index in [0.29, 0.717) is 5.69 Å². The first-order chi connectivity index (χ1) is 9.90. The molecule has 0 spiro atoms. The minimum Gasteiger partial charge on any atom is -0.508 e. The van der Waals surface area contributed by atoms with Gasteiger partial charge in [0.2, 0.25) is 0 Å². The lowest BCUT2D eigenvalue weighted by atomic mass is 10.1. The smallest absolute Gasteiger partial charge is 0.282 e. The van der Waals surface area contributed by atoms with Gasteiger partial charge in [0.25, 0.3) is 11.6 Å². The zero-order valence-corrected chi connectivity index (χ0v) is 11.0. The van der Waals surface area contributed by atoms with Crippen molar-refractivity contribution in [3.63, 3.8) is 0 Å². The first kappa shape index (κ1) is 14.4. The molecule has 1 amide bonds. The fourth-order valence-electron chi connectivity index (χ4n) is 1.84. The van der Waals surface area contributed by atoms with E-state index in [1.165, 1.54) is 25.2 Å². The molecular weight excluding hydrogens is 279 g/mol. The number of amides is 1. The SMILES string of the molecule is CN(C(=O)c1cc(F)ccc1[N+](=O)[O-])c1cccc(O)c1. The number of halogens is 1. The maximum atomic E-state index is 13.3. The normalized spacial score (nSPS) is 10.2. The maximum Gasteiger partial charge on any atom is 0.282 e. The molecule has 0 aliphatic heterocycles. The molecule has 21 heavy (non-hydrogen) atoms. The fraction of sp³-hybridized carbons (Fsp3) is 0.0714. The van der Waals surface area contributed by atoms with E-state index in [1.807, 2.05) is 0 Å². The van der Waals surface area contributed by atoms with Crippen LogP contribution in [-0.2, 0) is 0 Å². The molecule has 0 saturated heterocycles. The van der Waals surface area contributed by atoms with Gasteiger partial charge in [-0.25, -0.2) is 4.39 Å². The third-order valence-corrected chi connectivity index (χ3v) is 2.91. The summed E-state index contributed by atoms with van der Waals surface area (Å²) in [6.45, 7) is 0. The van der Waals surface area contributed by atoms with Gasteiger partial charge < -0.3 is 10.0 Å². The van der Waals surface area contributed by atoms with Crippen LogP contribution >= 0.6 is 0 Å². The molecule has 0 aromatic heterocycles. The van der Waals surface area contributed by atoms with Gasteiger partial charge in [-0.3, -0.25) is 14.9 Å². The van der Waals surface area contributed by atoms with Crippen LogP contribution in [0.2, 0.25) is 0 Å². The largest absolute Gasteiger partial charge is 0.508 e. The number of phenolic OH excluding ortho intramolecular Hbond substituents is 1. The Morgan fingerprint density at radius 2 is 2.00 bits per heavy atom. The highest BCUT2D eigenvalue weighted by Crippen LogP contribution is 2.25. The molecule has 1 N–H and O–H groups in total. The van der Waals surface area contributed by atoms with Crippen molar-refractivity contribution < 1.29 is 19.2 Å². The first-order valence-corrected chi connectivity index (χ1v) is 5.91. The summed E-state index contributed by atoms with van der Waals surface area (Å²) in [6.07, 6.45) is 0. The number of anilines is 1. The molecule has 0 radical (unpaired) electrons. The van der Waals surface area contributed by atoms with Gasteiger partial charge in [-0.1, -0.05) is 6.07 Å². The molecule has 2 aromatic rings. The lowest BCUT2D eigenvalue weighted by Crippen LogP contribution is -2.27. The Labute approximate surface area is 119 Å². The van der Waals surface area contributed by atoms with Crippen LogP contribution in [0.25, 0.3) is 0 Å². The molecule has 0 heterocycles. The van der Waals surface area contributed by atoms with E-state index in [9.17, 15) is 24.4 Å². The molecule has 0 bridgehead atoms. The lowest BCUT2D eigenvalue weighted by molar-refractivity contribution is -0.385. The van der Waals surface area contributed by atoms with Crippen LogP contribution in [0.15, 0.2) is 42.5 Å². The summed E-state index contributed by atoms with van der Waals surface area (Å²) in [5.74, 6) is -1.54. The molecule has 0 saturated carbocycles. The van der Waals surface area contributed by atoms with Gasteiger partial charge in [-0.15, -0.1) is 0 Å². The topological polar surface area (TPSA) is 83.7 Å². The summed E-state index contributed by atoms with van der Waals surface area (Å²) >= 11 is 0. The van der Waals surface area contributed by atoms with Crippen molar-refractivity contribution in [1.29, 1.82) is 0 Å². The summed E-state index contributed by atoms with van der Waals surface area (Å²) < 4.78 is 13.3. The van der Waals surface area contributed by atoms with Gasteiger partial charge >= 0.3 is 0 Å². The van der Waals surface area contributed by atoms with Crippen LogP contribution in [0.5, 0.6) is 5.75 Å². The van der Waals surface area contributed by atoms with Crippen molar-refractivity contribution in [1.82, 2.24) is 0 Å². The first-order valence-electron chi connectivity index (χ1n) is 5.91. The summed E-state index contributed by atoms with van der Waals surface area (Å²) in [5.41, 5.74) is -0.502. The standard InChI is InChI=1S/C14H11FN2O4/c1-16(10-3-2-4-11(18)8-10)14(19)12-7-9(15)5-6-13(12)17(20)21/h2-8,18H,1H3. The van der Waals surface area contributed by atoms with Gasteiger partial charge in [0.15, 0.2) is 0 Å². The number of carbonyl (C=O) groups excluding carboxylic acids is 1. The Hall–Kier alpha value is -2.96. The number of benzene rings is 2. The second kappa shape index (κ2) is 5.58. The van der Waals surface area contributed by atoms with E-state index in [1.54, 1.807) is 6.07 Å². The Bertz CT molecular complexity index is 718. The van der Waals surface area contributed by atoms with Gasteiger partial charge in [-0.2, -0.15) is 0 Å². The number of carbonyl (C=O) groups is 1.